The molecule has 0 amide bonds. The Hall–Kier alpha value is -9.70. The lowest BCUT2D eigenvalue weighted by Gasteiger charge is -2.21. The highest BCUT2D eigenvalue weighted by Crippen LogP contribution is 2.47. The molecule has 10 rings (SSSR count). The molecule has 0 fully saturated rings. The number of aromatic nitrogens is 2. The van der Waals surface area contributed by atoms with E-state index in [1.54, 1.807) is 24.3 Å². The zero-order valence-corrected chi connectivity index (χ0v) is 33.5. The molecule has 8 aromatic carbocycles. The summed E-state index contributed by atoms with van der Waals surface area (Å²) in [6.07, 6.45) is 0. The number of hydrogen-bond acceptors (Lipinski definition) is 3. The lowest BCUT2D eigenvalue weighted by Crippen LogP contribution is -2.03. The van der Waals surface area contributed by atoms with Gasteiger partial charge in [0.05, 0.1) is 76.9 Å². The predicted molar refractivity (Wildman–Crippen MR) is 249 cm³/mol. The Labute approximate surface area is 362 Å². The fourth-order valence-corrected chi connectivity index (χ4v) is 8.98. The van der Waals surface area contributed by atoms with E-state index in [4.69, 9.17) is 19.7 Å². The van der Waals surface area contributed by atoms with E-state index in [-0.39, 0.29) is 0 Å². The molecule has 2 heterocycles. The van der Waals surface area contributed by atoms with Crippen molar-refractivity contribution in [1.82, 2.24) is 9.13 Å². The van der Waals surface area contributed by atoms with Gasteiger partial charge in [0, 0.05) is 32.7 Å². The van der Waals surface area contributed by atoms with Gasteiger partial charge in [-0.3, -0.25) is 0 Å². The Kier molecular flexibility index (Phi) is 8.85. The van der Waals surface area contributed by atoms with E-state index >= 15 is 0 Å². The van der Waals surface area contributed by atoms with Crippen LogP contribution in [0.2, 0.25) is 0 Å². The highest BCUT2D eigenvalue weighted by Gasteiger charge is 2.25. The molecule has 0 aliphatic heterocycles. The van der Waals surface area contributed by atoms with Gasteiger partial charge in [0.1, 0.15) is 0 Å². The first-order valence-corrected chi connectivity index (χ1v) is 19.9. The summed E-state index contributed by atoms with van der Waals surface area (Å²) in [5.74, 6) is 0. The molecule has 8 heteroatoms. The SMILES string of the molecule is [C-]#[N+]c1ccc(-c2ccc3c4ccccc4n(-c4c(-c5cc(C)cc(C#N)c5)ccc(-n5c6ccccc6c6ccc(-c7ccc(C#N)cc7[N+]#[C-])cc65)c4[N+]#[C-])c3c2)c(C#N)c1. The van der Waals surface area contributed by atoms with Crippen molar-refractivity contribution in [3.05, 3.63) is 208 Å². The van der Waals surface area contributed by atoms with Crippen LogP contribution in [0.1, 0.15) is 22.3 Å². The van der Waals surface area contributed by atoms with Gasteiger partial charge in [-0.25, -0.2) is 14.5 Å². The summed E-state index contributed by atoms with van der Waals surface area (Å²) in [7, 11) is 0. The van der Waals surface area contributed by atoms with Crippen LogP contribution in [0.25, 0.3) is 103 Å². The Balaban J connectivity index is 1.34. The fraction of sp³-hybridized carbons (Fsp3) is 0.0182. The maximum absolute atomic E-state index is 10.2. The molecule has 0 bridgehead atoms. The average Bonchev–Trinajstić information content (AvgIpc) is 3.84. The summed E-state index contributed by atoms with van der Waals surface area (Å²) < 4.78 is 4.25. The Morgan fingerprint density at radius 1 is 0.460 bits per heavy atom. The van der Waals surface area contributed by atoms with Crippen LogP contribution in [0.3, 0.4) is 0 Å². The van der Waals surface area contributed by atoms with Crippen molar-refractivity contribution in [3.63, 3.8) is 0 Å². The van der Waals surface area contributed by atoms with Gasteiger partial charge in [-0.15, -0.1) is 0 Å². The average molecular weight is 801 g/mol. The van der Waals surface area contributed by atoms with Crippen molar-refractivity contribution in [2.75, 3.05) is 0 Å². The minimum absolute atomic E-state index is 0.368. The van der Waals surface area contributed by atoms with Gasteiger partial charge in [0.15, 0.2) is 11.4 Å². The van der Waals surface area contributed by atoms with Gasteiger partial charge in [-0.2, -0.15) is 15.8 Å². The summed E-state index contributed by atoms with van der Waals surface area (Å²) >= 11 is 0. The van der Waals surface area contributed by atoms with Crippen LogP contribution in [-0.2, 0) is 0 Å². The van der Waals surface area contributed by atoms with E-state index in [0.29, 0.717) is 56.3 Å². The third-order valence-electron chi connectivity index (χ3n) is 11.7. The second-order valence-electron chi connectivity index (χ2n) is 15.2. The van der Waals surface area contributed by atoms with E-state index in [9.17, 15) is 15.8 Å². The molecule has 8 nitrogen and oxygen atoms in total. The van der Waals surface area contributed by atoms with Crippen LogP contribution in [0.15, 0.2) is 152 Å². The van der Waals surface area contributed by atoms with Crippen LogP contribution in [0.5, 0.6) is 0 Å². The fourth-order valence-electron chi connectivity index (χ4n) is 8.98. The Morgan fingerprint density at radius 3 is 1.73 bits per heavy atom. The first-order chi connectivity index (χ1) is 30.9. The monoisotopic (exact) mass is 800 g/mol. The molecular weight excluding hydrogens is 773 g/mol. The van der Waals surface area contributed by atoms with Crippen LogP contribution in [-0.4, -0.2) is 9.13 Å². The van der Waals surface area contributed by atoms with Gasteiger partial charge in [0.2, 0.25) is 5.69 Å². The van der Waals surface area contributed by atoms with Gasteiger partial charge in [-0.05, 0) is 107 Å². The van der Waals surface area contributed by atoms with E-state index in [2.05, 4.69) is 54.0 Å². The molecule has 10 aromatic rings. The number of aryl methyl sites for hydroxylation is 1. The second-order valence-corrected chi connectivity index (χ2v) is 15.2. The summed E-state index contributed by atoms with van der Waals surface area (Å²) in [6, 6.07) is 55.1. The Morgan fingerprint density at radius 2 is 1.08 bits per heavy atom. The van der Waals surface area contributed by atoms with Gasteiger partial charge in [-0.1, -0.05) is 91.0 Å². The van der Waals surface area contributed by atoms with Crippen molar-refractivity contribution >= 4 is 60.7 Å². The largest absolute Gasteiger partial charge is 0.319 e. The van der Waals surface area contributed by atoms with E-state index in [1.807, 2.05) is 122 Å². The maximum atomic E-state index is 10.2. The zero-order valence-electron chi connectivity index (χ0n) is 33.5. The molecular formula is C55H28N8. The summed E-state index contributed by atoms with van der Waals surface area (Å²) in [4.78, 5) is 11.7. The number of rotatable bonds is 5. The van der Waals surface area contributed by atoms with Crippen LogP contribution in [0, 0.1) is 60.6 Å². The molecule has 0 aliphatic rings. The number of benzene rings is 8. The smallest absolute Gasteiger partial charge is 0.234 e. The third kappa shape index (κ3) is 5.94. The molecule has 288 valence electrons. The lowest BCUT2D eigenvalue weighted by atomic mass is 9.96. The number of fused-ring (bicyclic) bond motifs is 6. The molecule has 0 radical (unpaired) electrons. The lowest BCUT2D eigenvalue weighted by molar-refractivity contribution is 1.14. The second kappa shape index (κ2) is 14.8. The van der Waals surface area contributed by atoms with E-state index in [1.165, 1.54) is 0 Å². The minimum atomic E-state index is 0.368. The molecule has 0 saturated carbocycles. The van der Waals surface area contributed by atoms with E-state index in [0.717, 1.165) is 71.4 Å². The quantitative estimate of drug-likeness (QED) is 0.162. The topological polar surface area (TPSA) is 94.3 Å². The van der Waals surface area contributed by atoms with E-state index < -0.39 is 0 Å². The summed E-state index contributed by atoms with van der Waals surface area (Å²) in [5, 5.41) is 33.8. The molecule has 63 heavy (non-hydrogen) atoms. The van der Waals surface area contributed by atoms with Crippen molar-refractivity contribution in [2.24, 2.45) is 0 Å². The number of nitriles is 3. The first-order valence-electron chi connectivity index (χ1n) is 19.9. The first kappa shape index (κ1) is 37.6. The molecule has 0 unspecified atom stereocenters. The highest BCUT2D eigenvalue weighted by molar-refractivity contribution is 6.14. The van der Waals surface area contributed by atoms with Gasteiger partial charge in [0.25, 0.3) is 0 Å². The van der Waals surface area contributed by atoms with Crippen molar-refractivity contribution in [2.45, 2.75) is 6.92 Å². The van der Waals surface area contributed by atoms with Crippen molar-refractivity contribution < 1.29 is 0 Å². The molecule has 0 spiro atoms. The molecule has 0 saturated heterocycles. The van der Waals surface area contributed by atoms with Crippen LogP contribution >= 0.6 is 0 Å². The third-order valence-corrected chi connectivity index (χ3v) is 11.7. The standard InChI is InChI=1S/C55H28N8/c1-33-23-35(31-57)25-38(24-33)43-21-22-51(62-49-11-7-5-9-44(49)46-19-15-37(29-52(46)62)42-17-13-34(30-56)26-48(42)60-3)54(61-4)55(43)63-50-12-8-6-10-45(50)47-18-14-36(28-53(47)63)41-20-16-40(59-2)27-39(41)32-58/h5-29H,1H3. The number of para-hydroxylation sites is 2. The maximum Gasteiger partial charge on any atom is 0.234 e. The van der Waals surface area contributed by atoms with Gasteiger partial charge < -0.3 is 9.13 Å². The highest BCUT2D eigenvalue weighted by atomic mass is 15.1. The van der Waals surface area contributed by atoms with Crippen molar-refractivity contribution in [1.29, 1.82) is 15.8 Å². The molecule has 2 aromatic heterocycles. The Bertz CT molecular complexity index is 3890. The summed E-state index contributed by atoms with van der Waals surface area (Å²) in [5.41, 5.74) is 12.4. The summed E-state index contributed by atoms with van der Waals surface area (Å²) in [6.45, 7) is 26.6. The zero-order chi connectivity index (χ0) is 43.4. The molecule has 0 atom stereocenters. The van der Waals surface area contributed by atoms with Crippen molar-refractivity contribution in [3.8, 4) is 63.0 Å². The number of hydrogen-bond donors (Lipinski definition) is 0. The normalized spacial score (nSPS) is 10.8. The minimum Gasteiger partial charge on any atom is -0.319 e. The van der Waals surface area contributed by atoms with Crippen LogP contribution < -0.4 is 0 Å². The van der Waals surface area contributed by atoms with Gasteiger partial charge >= 0.3 is 0 Å². The molecule has 0 N–H and O–H groups in total. The molecule has 0 aliphatic carbocycles. The number of nitrogens with zero attached hydrogens (tertiary/aromatic N) is 8. The predicted octanol–water partition coefficient (Wildman–Crippen LogP) is 14.5. The van der Waals surface area contributed by atoms with Crippen LogP contribution in [0.4, 0.5) is 17.1 Å².